The van der Waals surface area contributed by atoms with E-state index in [1.807, 2.05) is 0 Å². The molecule has 1 fully saturated rings. The zero-order chi connectivity index (χ0) is 14.3. The van der Waals surface area contributed by atoms with Crippen molar-refractivity contribution in [2.24, 2.45) is 11.8 Å². The van der Waals surface area contributed by atoms with Gasteiger partial charge in [-0.3, -0.25) is 4.90 Å². The Balaban J connectivity index is 2.32. The van der Waals surface area contributed by atoms with Crippen LogP contribution in [0.5, 0.6) is 0 Å². The highest BCUT2D eigenvalue weighted by atomic mass is 16.5. The second kappa shape index (κ2) is 8.58. The molecule has 0 radical (unpaired) electrons. The van der Waals surface area contributed by atoms with E-state index in [1.165, 1.54) is 0 Å². The molecule has 1 heterocycles. The largest absolute Gasteiger partial charge is 0.374 e. The summed E-state index contributed by atoms with van der Waals surface area (Å²) in [6, 6.07) is 0. The van der Waals surface area contributed by atoms with Gasteiger partial charge in [0.05, 0.1) is 19.3 Å². The number of likely N-dealkylation sites (N-methyl/N-ethyl adjacent to an activating group) is 1. The first kappa shape index (κ1) is 16.5. The van der Waals surface area contributed by atoms with Crippen molar-refractivity contribution in [3.05, 3.63) is 0 Å². The van der Waals surface area contributed by atoms with Crippen LogP contribution in [0.15, 0.2) is 0 Å². The third-order valence-corrected chi connectivity index (χ3v) is 3.11. The zero-order valence-corrected chi connectivity index (χ0v) is 13.3. The average Bonchev–Trinajstić information content (AvgIpc) is 2.27. The van der Waals surface area contributed by atoms with Gasteiger partial charge in [-0.2, -0.15) is 0 Å². The van der Waals surface area contributed by atoms with Gasteiger partial charge in [0, 0.05) is 32.1 Å². The second-order valence-corrected chi connectivity index (χ2v) is 6.32. The summed E-state index contributed by atoms with van der Waals surface area (Å²) < 4.78 is 5.86. The van der Waals surface area contributed by atoms with Gasteiger partial charge in [0.25, 0.3) is 0 Å². The number of nitrogens with zero attached hydrogens (tertiary/aromatic N) is 2. The minimum Gasteiger partial charge on any atom is -0.374 e. The Morgan fingerprint density at radius 2 is 2.05 bits per heavy atom. The van der Waals surface area contributed by atoms with E-state index in [9.17, 15) is 0 Å². The lowest BCUT2D eigenvalue weighted by Gasteiger charge is -2.34. The summed E-state index contributed by atoms with van der Waals surface area (Å²) in [6.45, 7) is 14.7. The van der Waals surface area contributed by atoms with Crippen LogP contribution in [-0.4, -0.2) is 62.3 Å². The molecule has 3 heteroatoms. The molecule has 1 aliphatic rings. The van der Waals surface area contributed by atoms with E-state index >= 15 is 0 Å². The van der Waals surface area contributed by atoms with Crippen LogP contribution in [0.4, 0.5) is 0 Å². The summed E-state index contributed by atoms with van der Waals surface area (Å²) in [4.78, 5) is 4.78. The molecule has 0 N–H and O–H groups in total. The number of hydrogen-bond donors (Lipinski definition) is 0. The lowest BCUT2D eigenvalue weighted by atomic mass is 10.2. The fourth-order valence-electron chi connectivity index (χ4n) is 2.44. The van der Waals surface area contributed by atoms with Crippen LogP contribution >= 0.6 is 0 Å². The van der Waals surface area contributed by atoms with E-state index in [0.29, 0.717) is 17.9 Å². The highest BCUT2D eigenvalue weighted by Gasteiger charge is 2.21. The van der Waals surface area contributed by atoms with Crippen LogP contribution < -0.4 is 0 Å². The number of rotatable bonds is 5. The molecule has 1 saturated heterocycles. The summed E-state index contributed by atoms with van der Waals surface area (Å²) in [5, 5.41) is 0. The van der Waals surface area contributed by atoms with Crippen LogP contribution in [0.25, 0.3) is 0 Å². The van der Waals surface area contributed by atoms with Gasteiger partial charge >= 0.3 is 0 Å². The Morgan fingerprint density at radius 3 is 2.68 bits per heavy atom. The molecule has 1 rings (SSSR count). The van der Waals surface area contributed by atoms with Gasteiger partial charge < -0.3 is 9.64 Å². The summed E-state index contributed by atoms with van der Waals surface area (Å²) >= 11 is 0. The monoisotopic (exact) mass is 266 g/mol. The maximum atomic E-state index is 5.86. The van der Waals surface area contributed by atoms with Crippen LogP contribution in [0.1, 0.15) is 27.7 Å². The van der Waals surface area contributed by atoms with Crippen molar-refractivity contribution in [3.63, 3.8) is 0 Å². The Bertz CT molecular complexity index is 304. The molecule has 0 aliphatic carbocycles. The molecule has 3 nitrogen and oxygen atoms in total. The Morgan fingerprint density at radius 1 is 1.32 bits per heavy atom. The highest BCUT2D eigenvalue weighted by molar-refractivity contribution is 5.03. The minimum absolute atomic E-state index is 0.332. The summed E-state index contributed by atoms with van der Waals surface area (Å²) in [6.07, 6.45) is 0.332. The van der Waals surface area contributed by atoms with Gasteiger partial charge in [-0.1, -0.05) is 39.5 Å². The van der Waals surface area contributed by atoms with Gasteiger partial charge in [-0.25, -0.2) is 0 Å². The number of ether oxygens (including phenoxy) is 1. The standard InChI is InChI=1S/C16H30N2O/c1-14(2)7-6-8-18-9-10-19-16(13-18)12-17(5)11-15(3)4/h14-16H,8-13H2,1-5H3/t16-/m0/s1. The summed E-state index contributed by atoms with van der Waals surface area (Å²) in [5.41, 5.74) is 0. The Labute approximate surface area is 119 Å². The number of morpholine rings is 1. The normalized spacial score (nSPS) is 20.9. The van der Waals surface area contributed by atoms with Gasteiger partial charge in [-0.15, -0.1) is 0 Å². The van der Waals surface area contributed by atoms with Crippen molar-refractivity contribution < 1.29 is 4.74 Å². The SMILES string of the molecule is CC(C)C#CCN1CCO[C@@H](CN(C)CC(C)C)C1. The third kappa shape index (κ3) is 7.57. The smallest absolute Gasteiger partial charge is 0.0829 e. The van der Waals surface area contributed by atoms with Crippen molar-refractivity contribution in [2.45, 2.75) is 33.8 Å². The fraction of sp³-hybridized carbons (Fsp3) is 0.875. The third-order valence-electron chi connectivity index (χ3n) is 3.11. The molecule has 1 atom stereocenters. The molecular weight excluding hydrogens is 236 g/mol. The predicted molar refractivity (Wildman–Crippen MR) is 81.1 cm³/mol. The van der Waals surface area contributed by atoms with Gasteiger partial charge in [0.2, 0.25) is 0 Å². The zero-order valence-electron chi connectivity index (χ0n) is 13.3. The summed E-state index contributed by atoms with van der Waals surface area (Å²) in [7, 11) is 2.18. The number of hydrogen-bond acceptors (Lipinski definition) is 3. The van der Waals surface area contributed by atoms with Gasteiger partial charge in [0.15, 0.2) is 0 Å². The Kier molecular flexibility index (Phi) is 7.45. The van der Waals surface area contributed by atoms with Gasteiger partial charge in [-0.05, 0) is 13.0 Å². The molecule has 0 bridgehead atoms. The van der Waals surface area contributed by atoms with E-state index in [4.69, 9.17) is 4.74 Å². The lowest BCUT2D eigenvalue weighted by molar-refractivity contribution is -0.0373. The molecule has 0 saturated carbocycles. The first-order valence-electron chi connectivity index (χ1n) is 7.48. The van der Waals surface area contributed by atoms with E-state index in [0.717, 1.165) is 39.3 Å². The maximum absolute atomic E-state index is 5.86. The van der Waals surface area contributed by atoms with Crippen LogP contribution in [0.2, 0.25) is 0 Å². The quantitative estimate of drug-likeness (QED) is 0.707. The topological polar surface area (TPSA) is 15.7 Å². The molecule has 0 spiro atoms. The molecular formula is C16H30N2O. The first-order valence-corrected chi connectivity index (χ1v) is 7.48. The fourth-order valence-corrected chi connectivity index (χ4v) is 2.44. The van der Waals surface area contributed by atoms with Crippen molar-refractivity contribution in [2.75, 3.05) is 46.4 Å². The molecule has 19 heavy (non-hydrogen) atoms. The minimum atomic E-state index is 0.332. The van der Waals surface area contributed by atoms with Crippen LogP contribution in [-0.2, 0) is 4.74 Å². The van der Waals surface area contributed by atoms with E-state index in [2.05, 4.69) is 56.4 Å². The van der Waals surface area contributed by atoms with E-state index < -0.39 is 0 Å². The lowest BCUT2D eigenvalue weighted by Crippen LogP contribution is -2.47. The maximum Gasteiger partial charge on any atom is 0.0829 e. The molecule has 0 amide bonds. The van der Waals surface area contributed by atoms with Crippen molar-refractivity contribution >= 4 is 0 Å². The molecule has 110 valence electrons. The predicted octanol–water partition coefficient (Wildman–Crippen LogP) is 1.93. The second-order valence-electron chi connectivity index (χ2n) is 6.32. The van der Waals surface area contributed by atoms with E-state index in [-0.39, 0.29) is 0 Å². The van der Waals surface area contributed by atoms with E-state index in [1.54, 1.807) is 0 Å². The highest BCUT2D eigenvalue weighted by Crippen LogP contribution is 2.07. The first-order chi connectivity index (χ1) is 8.97. The molecule has 0 aromatic carbocycles. The average molecular weight is 266 g/mol. The van der Waals surface area contributed by atoms with Crippen molar-refractivity contribution in [1.29, 1.82) is 0 Å². The molecule has 0 unspecified atom stereocenters. The summed E-state index contributed by atoms with van der Waals surface area (Å²) in [5.74, 6) is 7.68. The van der Waals surface area contributed by atoms with Crippen LogP contribution in [0.3, 0.4) is 0 Å². The van der Waals surface area contributed by atoms with Crippen molar-refractivity contribution in [1.82, 2.24) is 9.80 Å². The van der Waals surface area contributed by atoms with Crippen molar-refractivity contribution in [3.8, 4) is 11.8 Å². The molecule has 1 aliphatic heterocycles. The van der Waals surface area contributed by atoms with Crippen LogP contribution in [0, 0.1) is 23.7 Å². The Hall–Kier alpha value is -0.560. The molecule has 0 aromatic heterocycles. The van der Waals surface area contributed by atoms with Gasteiger partial charge in [0.1, 0.15) is 0 Å². The molecule has 0 aromatic rings.